The van der Waals surface area contributed by atoms with E-state index in [1.807, 2.05) is 0 Å². The topological polar surface area (TPSA) is 51.6 Å². The van der Waals surface area contributed by atoms with Crippen molar-refractivity contribution in [1.82, 2.24) is 20.2 Å². The smallest absolute Gasteiger partial charge is 0.166 e. The third-order valence-electron chi connectivity index (χ3n) is 2.53. The van der Waals surface area contributed by atoms with Crippen molar-refractivity contribution in [2.24, 2.45) is 0 Å². The van der Waals surface area contributed by atoms with Crippen molar-refractivity contribution in [2.75, 3.05) is 0 Å². The molecule has 0 unspecified atom stereocenters. The zero-order valence-corrected chi connectivity index (χ0v) is 11.2. The molecule has 0 aliphatic carbocycles. The van der Waals surface area contributed by atoms with E-state index in [2.05, 4.69) is 20.2 Å². The van der Waals surface area contributed by atoms with Crippen LogP contribution in [0.3, 0.4) is 0 Å². The first kappa shape index (κ1) is 12.7. The maximum Gasteiger partial charge on any atom is 0.166 e. The Hall–Kier alpha value is -2.28. The molecule has 0 spiro atoms. The molecule has 2 aromatic heterocycles. The first-order valence-electron chi connectivity index (χ1n) is 5.72. The van der Waals surface area contributed by atoms with E-state index in [-0.39, 0.29) is 0 Å². The summed E-state index contributed by atoms with van der Waals surface area (Å²) in [5.74, 6) is -0.666. The number of nitrogens with zero attached hydrogens (tertiary/aromatic N) is 4. The van der Waals surface area contributed by atoms with Crippen LogP contribution in [0.2, 0.25) is 0 Å². The average Bonchev–Trinajstić information content (AvgIpc) is 2.87. The van der Waals surface area contributed by atoms with Gasteiger partial charge >= 0.3 is 0 Å². The second-order valence-electron chi connectivity index (χ2n) is 4.06. The minimum Gasteiger partial charge on any atom is -0.242 e. The molecule has 0 saturated heterocycles. The van der Waals surface area contributed by atoms with E-state index < -0.39 is 11.6 Å². The number of hydrogen-bond donors (Lipinski definition) is 0. The second kappa shape index (κ2) is 5.01. The summed E-state index contributed by atoms with van der Waals surface area (Å²) in [5.41, 5.74) is 0.996. The van der Waals surface area contributed by atoms with Gasteiger partial charge in [-0.2, -0.15) is 0 Å². The summed E-state index contributed by atoms with van der Waals surface area (Å²) in [6, 6.07) is 4.97. The predicted molar refractivity (Wildman–Crippen MR) is 71.0 cm³/mol. The summed E-state index contributed by atoms with van der Waals surface area (Å²) in [6.07, 6.45) is 1.63. The van der Waals surface area contributed by atoms with Gasteiger partial charge in [-0.25, -0.2) is 18.7 Å². The summed E-state index contributed by atoms with van der Waals surface area (Å²) in [4.78, 5) is 8.23. The molecule has 4 nitrogen and oxygen atoms in total. The molecular formula is C13H8F2N4S. The first-order chi connectivity index (χ1) is 9.61. The third-order valence-corrected chi connectivity index (χ3v) is 3.52. The Morgan fingerprint density at radius 1 is 1.00 bits per heavy atom. The number of halogens is 2. The van der Waals surface area contributed by atoms with Gasteiger partial charge in [0.15, 0.2) is 5.01 Å². The highest BCUT2D eigenvalue weighted by atomic mass is 32.1. The molecule has 0 aliphatic heterocycles. The fourth-order valence-corrected chi connectivity index (χ4v) is 2.50. The number of hydrogen-bond acceptors (Lipinski definition) is 5. The average molecular weight is 290 g/mol. The first-order valence-corrected chi connectivity index (χ1v) is 6.53. The van der Waals surface area contributed by atoms with Crippen LogP contribution in [0.4, 0.5) is 8.78 Å². The van der Waals surface area contributed by atoms with Gasteiger partial charge in [0.2, 0.25) is 0 Å². The van der Waals surface area contributed by atoms with Gasteiger partial charge in [-0.05, 0) is 25.1 Å². The number of aryl methyl sites for hydroxylation is 1. The van der Waals surface area contributed by atoms with Crippen LogP contribution >= 0.6 is 11.3 Å². The van der Waals surface area contributed by atoms with E-state index >= 15 is 0 Å². The lowest BCUT2D eigenvalue weighted by molar-refractivity contribution is 0.584. The van der Waals surface area contributed by atoms with E-state index in [0.717, 1.165) is 6.07 Å². The highest BCUT2D eigenvalue weighted by molar-refractivity contribution is 7.17. The molecular weight excluding hydrogens is 282 g/mol. The molecule has 0 aliphatic rings. The van der Waals surface area contributed by atoms with Gasteiger partial charge < -0.3 is 0 Å². The summed E-state index contributed by atoms with van der Waals surface area (Å²) < 4.78 is 26.4. The fourth-order valence-electron chi connectivity index (χ4n) is 1.70. The molecule has 2 heterocycles. The quantitative estimate of drug-likeness (QED) is 0.727. The Morgan fingerprint density at radius 2 is 1.70 bits per heavy atom. The fraction of sp³-hybridized carbons (Fsp3) is 0.0769. The van der Waals surface area contributed by atoms with E-state index in [0.29, 0.717) is 27.1 Å². The van der Waals surface area contributed by atoms with Crippen molar-refractivity contribution in [3.63, 3.8) is 0 Å². The van der Waals surface area contributed by atoms with Crippen LogP contribution in [0.15, 0.2) is 30.5 Å². The maximum absolute atomic E-state index is 13.2. The number of benzene rings is 1. The van der Waals surface area contributed by atoms with Crippen molar-refractivity contribution >= 4 is 11.3 Å². The summed E-state index contributed by atoms with van der Waals surface area (Å²) >= 11 is 1.22. The largest absolute Gasteiger partial charge is 0.242 e. The molecule has 0 atom stereocenters. The zero-order chi connectivity index (χ0) is 14.1. The van der Waals surface area contributed by atoms with E-state index in [4.69, 9.17) is 0 Å². The number of aromatic nitrogens is 4. The third kappa shape index (κ3) is 2.53. The van der Waals surface area contributed by atoms with Gasteiger partial charge in [-0.3, -0.25) is 0 Å². The molecule has 3 rings (SSSR count). The van der Waals surface area contributed by atoms with Crippen LogP contribution in [0.1, 0.15) is 5.82 Å². The van der Waals surface area contributed by atoms with Gasteiger partial charge in [-0.15, -0.1) is 10.2 Å². The van der Waals surface area contributed by atoms with Crippen LogP contribution in [-0.2, 0) is 0 Å². The molecule has 100 valence electrons. The van der Waals surface area contributed by atoms with Crippen molar-refractivity contribution in [2.45, 2.75) is 6.92 Å². The minimum atomic E-state index is -0.644. The summed E-state index contributed by atoms with van der Waals surface area (Å²) in [5, 5.41) is 8.96. The SMILES string of the molecule is Cc1nccc(-c2nnc(-c3cc(F)cc(F)c3)s2)n1. The molecule has 0 amide bonds. The van der Waals surface area contributed by atoms with Crippen molar-refractivity contribution in [3.05, 3.63) is 47.9 Å². The summed E-state index contributed by atoms with van der Waals surface area (Å²) in [7, 11) is 0. The van der Waals surface area contributed by atoms with Gasteiger partial charge in [0.1, 0.15) is 28.2 Å². The van der Waals surface area contributed by atoms with Gasteiger partial charge in [-0.1, -0.05) is 11.3 Å². The molecule has 1 aromatic carbocycles. The van der Waals surface area contributed by atoms with Crippen LogP contribution in [-0.4, -0.2) is 20.2 Å². The molecule has 0 fully saturated rings. The molecule has 3 aromatic rings. The highest BCUT2D eigenvalue weighted by Gasteiger charge is 2.11. The lowest BCUT2D eigenvalue weighted by atomic mass is 10.2. The Balaban J connectivity index is 2.02. The van der Waals surface area contributed by atoms with Gasteiger partial charge in [0.05, 0.1) is 0 Å². The Bertz CT molecular complexity index is 752. The lowest BCUT2D eigenvalue weighted by Crippen LogP contribution is -1.88. The van der Waals surface area contributed by atoms with Crippen molar-refractivity contribution in [1.29, 1.82) is 0 Å². The van der Waals surface area contributed by atoms with Crippen molar-refractivity contribution in [3.8, 4) is 21.3 Å². The van der Waals surface area contributed by atoms with E-state index in [9.17, 15) is 8.78 Å². The molecule has 7 heteroatoms. The predicted octanol–water partition coefficient (Wildman–Crippen LogP) is 3.25. The van der Waals surface area contributed by atoms with Crippen LogP contribution in [0.25, 0.3) is 21.3 Å². The maximum atomic E-state index is 13.2. The molecule has 0 N–H and O–H groups in total. The Kier molecular flexibility index (Phi) is 3.19. The molecule has 0 bridgehead atoms. The zero-order valence-electron chi connectivity index (χ0n) is 10.3. The molecule has 20 heavy (non-hydrogen) atoms. The second-order valence-corrected chi connectivity index (χ2v) is 5.04. The normalized spacial score (nSPS) is 10.8. The summed E-state index contributed by atoms with van der Waals surface area (Å²) in [6.45, 7) is 1.77. The van der Waals surface area contributed by atoms with Crippen LogP contribution in [0, 0.1) is 18.6 Å². The monoisotopic (exact) mass is 290 g/mol. The van der Waals surface area contributed by atoms with Crippen LogP contribution < -0.4 is 0 Å². The minimum absolute atomic E-state index is 0.358. The lowest BCUT2D eigenvalue weighted by Gasteiger charge is -1.96. The Morgan fingerprint density at radius 3 is 2.40 bits per heavy atom. The van der Waals surface area contributed by atoms with Crippen molar-refractivity contribution < 1.29 is 8.78 Å². The van der Waals surface area contributed by atoms with E-state index in [1.54, 1.807) is 19.2 Å². The standard InChI is InChI=1S/C13H8F2N4S/c1-7-16-3-2-11(17-7)13-19-18-12(20-13)8-4-9(14)6-10(15)5-8/h2-6H,1H3. The van der Waals surface area contributed by atoms with Gasteiger partial charge in [0.25, 0.3) is 0 Å². The van der Waals surface area contributed by atoms with Gasteiger partial charge in [0, 0.05) is 17.8 Å². The van der Waals surface area contributed by atoms with Crippen LogP contribution in [0.5, 0.6) is 0 Å². The molecule has 0 radical (unpaired) electrons. The van der Waals surface area contributed by atoms with E-state index in [1.165, 1.54) is 23.5 Å². The molecule has 0 saturated carbocycles. The highest BCUT2D eigenvalue weighted by Crippen LogP contribution is 2.29. The number of rotatable bonds is 2. The Labute approximate surface area is 117 Å².